The number of ketones is 1. The van der Waals surface area contributed by atoms with Crippen LogP contribution < -0.4 is 0 Å². The van der Waals surface area contributed by atoms with Crippen molar-refractivity contribution >= 4 is 39.3 Å². The van der Waals surface area contributed by atoms with Crippen molar-refractivity contribution in [1.29, 1.82) is 0 Å². The second-order valence-electron chi connectivity index (χ2n) is 6.45. The lowest BCUT2D eigenvalue weighted by atomic mass is 9.99. The van der Waals surface area contributed by atoms with E-state index in [0.717, 1.165) is 10.0 Å². The van der Waals surface area contributed by atoms with Gasteiger partial charge in [0.1, 0.15) is 6.61 Å². The number of nitrogens with one attached hydrogen (secondary N) is 1. The molecule has 8 nitrogen and oxygen atoms in total. The monoisotopic (exact) mass is 479 g/mol. The van der Waals surface area contributed by atoms with Crippen LogP contribution in [0.3, 0.4) is 0 Å². The molecule has 0 aliphatic carbocycles. The Bertz CT molecular complexity index is 1080. The SMILES string of the molecule is CC(=O)OCCn1nnc(-c2[nH]c(CCl)c(C(=O)c3ccc(C)c(Br)c3)c2C)n1. The summed E-state index contributed by atoms with van der Waals surface area (Å²) in [5.74, 6) is -0.0390. The molecule has 0 atom stereocenters. The van der Waals surface area contributed by atoms with Gasteiger partial charge in [0.2, 0.25) is 5.82 Å². The number of alkyl halides is 1. The van der Waals surface area contributed by atoms with E-state index < -0.39 is 0 Å². The first kappa shape index (κ1) is 21.2. The average molecular weight is 481 g/mol. The summed E-state index contributed by atoms with van der Waals surface area (Å²) in [4.78, 5) is 28.5. The minimum Gasteiger partial charge on any atom is -0.464 e. The predicted molar refractivity (Wildman–Crippen MR) is 111 cm³/mol. The first-order valence-corrected chi connectivity index (χ1v) is 10.1. The summed E-state index contributed by atoms with van der Waals surface area (Å²) >= 11 is 9.56. The topological polar surface area (TPSA) is 103 Å². The number of rotatable bonds is 7. The first-order valence-electron chi connectivity index (χ1n) is 8.81. The lowest BCUT2D eigenvalue weighted by Crippen LogP contribution is -2.11. The van der Waals surface area contributed by atoms with Gasteiger partial charge in [-0.3, -0.25) is 9.59 Å². The minimum absolute atomic E-state index is 0.134. The quantitative estimate of drug-likeness (QED) is 0.315. The minimum atomic E-state index is -0.372. The molecule has 1 N–H and O–H groups in total. The molecule has 10 heteroatoms. The molecule has 3 aromatic rings. The number of H-pyrrole nitrogens is 1. The Labute approximate surface area is 180 Å². The van der Waals surface area contributed by atoms with Gasteiger partial charge in [-0.05, 0) is 36.3 Å². The molecule has 0 aliphatic rings. The zero-order valence-electron chi connectivity index (χ0n) is 16.1. The van der Waals surface area contributed by atoms with Gasteiger partial charge in [0, 0.05) is 28.2 Å². The number of halogens is 2. The Morgan fingerprint density at radius 3 is 2.72 bits per heavy atom. The number of esters is 1. The van der Waals surface area contributed by atoms with Gasteiger partial charge in [-0.1, -0.05) is 28.1 Å². The van der Waals surface area contributed by atoms with Crippen LogP contribution >= 0.6 is 27.5 Å². The van der Waals surface area contributed by atoms with Crippen molar-refractivity contribution in [3.8, 4) is 11.5 Å². The van der Waals surface area contributed by atoms with Crippen molar-refractivity contribution in [2.75, 3.05) is 6.61 Å². The fraction of sp³-hybridized carbons (Fsp3) is 0.316. The average Bonchev–Trinajstić information content (AvgIpc) is 3.27. The lowest BCUT2D eigenvalue weighted by molar-refractivity contribution is -0.141. The molecule has 2 heterocycles. The molecule has 29 heavy (non-hydrogen) atoms. The number of nitrogens with zero attached hydrogens (tertiary/aromatic N) is 4. The molecule has 0 radical (unpaired) electrons. The third-order valence-electron chi connectivity index (χ3n) is 4.40. The van der Waals surface area contributed by atoms with Crippen molar-refractivity contribution < 1.29 is 14.3 Å². The maximum Gasteiger partial charge on any atom is 0.302 e. The molecule has 0 saturated heterocycles. The number of aryl methyl sites for hydroxylation is 1. The van der Waals surface area contributed by atoms with E-state index in [9.17, 15) is 9.59 Å². The highest BCUT2D eigenvalue weighted by Crippen LogP contribution is 2.29. The number of benzene rings is 1. The van der Waals surface area contributed by atoms with E-state index in [4.69, 9.17) is 16.3 Å². The van der Waals surface area contributed by atoms with Gasteiger partial charge in [0.05, 0.1) is 18.1 Å². The number of aromatic nitrogens is 5. The van der Waals surface area contributed by atoms with Gasteiger partial charge in [-0.15, -0.1) is 21.8 Å². The summed E-state index contributed by atoms with van der Waals surface area (Å²) in [7, 11) is 0. The highest BCUT2D eigenvalue weighted by molar-refractivity contribution is 9.10. The second kappa shape index (κ2) is 8.87. The summed E-state index contributed by atoms with van der Waals surface area (Å²) in [6.45, 7) is 5.53. The zero-order valence-corrected chi connectivity index (χ0v) is 18.5. The summed E-state index contributed by atoms with van der Waals surface area (Å²) < 4.78 is 5.74. The lowest BCUT2D eigenvalue weighted by Gasteiger charge is -2.05. The maximum atomic E-state index is 13.2. The van der Waals surface area contributed by atoms with E-state index in [1.807, 2.05) is 19.9 Å². The van der Waals surface area contributed by atoms with Crippen molar-refractivity contribution in [3.63, 3.8) is 0 Å². The van der Waals surface area contributed by atoms with Crippen LogP contribution in [0.1, 0.15) is 39.7 Å². The fourth-order valence-electron chi connectivity index (χ4n) is 2.88. The smallest absolute Gasteiger partial charge is 0.302 e. The van der Waals surface area contributed by atoms with Crippen LogP contribution in [-0.2, 0) is 22.0 Å². The van der Waals surface area contributed by atoms with Crippen molar-refractivity contribution in [2.45, 2.75) is 33.2 Å². The third kappa shape index (κ3) is 4.56. The van der Waals surface area contributed by atoms with Gasteiger partial charge in [-0.25, -0.2) is 0 Å². The molecule has 3 rings (SSSR count). The molecular weight excluding hydrogens is 462 g/mol. The molecule has 0 saturated carbocycles. The molecule has 0 fully saturated rings. The van der Waals surface area contributed by atoms with Crippen molar-refractivity contribution in [1.82, 2.24) is 25.2 Å². The molecule has 152 valence electrons. The highest BCUT2D eigenvalue weighted by Gasteiger charge is 2.24. The second-order valence-corrected chi connectivity index (χ2v) is 7.58. The number of ether oxygens (including phenoxy) is 1. The molecule has 0 unspecified atom stereocenters. The number of carbonyl (C=O) groups is 2. The van der Waals surface area contributed by atoms with Crippen LogP contribution in [0, 0.1) is 13.8 Å². The number of aromatic amines is 1. The number of carbonyl (C=O) groups excluding carboxylic acids is 2. The zero-order chi connectivity index (χ0) is 21.1. The van der Waals surface area contributed by atoms with Crippen molar-refractivity contribution in [2.24, 2.45) is 0 Å². The summed E-state index contributed by atoms with van der Waals surface area (Å²) in [6, 6.07) is 5.47. The number of tetrazole rings is 1. The van der Waals surface area contributed by atoms with Crippen LogP contribution in [0.2, 0.25) is 0 Å². The van der Waals surface area contributed by atoms with E-state index in [2.05, 4.69) is 36.3 Å². The standard InChI is InChI=1S/C19H19BrClN5O3/c1-10-4-5-13(8-14(10)20)18(28)16-11(2)17(22-15(16)9-21)19-23-25-26(24-19)6-7-29-12(3)27/h4-5,8,22H,6-7,9H2,1-3H3. The van der Waals surface area contributed by atoms with E-state index in [1.54, 1.807) is 12.1 Å². The fourth-order valence-corrected chi connectivity index (χ4v) is 3.46. The largest absolute Gasteiger partial charge is 0.464 e. The molecule has 1 aromatic carbocycles. The van der Waals surface area contributed by atoms with Gasteiger partial charge in [-0.2, -0.15) is 4.80 Å². The van der Waals surface area contributed by atoms with E-state index in [0.29, 0.717) is 33.9 Å². The van der Waals surface area contributed by atoms with Gasteiger partial charge in [0.25, 0.3) is 0 Å². The van der Waals surface area contributed by atoms with Gasteiger partial charge >= 0.3 is 5.97 Å². The molecule has 2 aromatic heterocycles. The molecular formula is C19H19BrClN5O3. The number of hydrogen-bond donors (Lipinski definition) is 1. The Morgan fingerprint density at radius 2 is 2.07 bits per heavy atom. The van der Waals surface area contributed by atoms with Crippen LogP contribution in [0.15, 0.2) is 22.7 Å². The third-order valence-corrected chi connectivity index (χ3v) is 5.52. The normalized spacial score (nSPS) is 10.9. The molecule has 0 amide bonds. The van der Waals surface area contributed by atoms with E-state index >= 15 is 0 Å². The molecule has 0 aliphatic heterocycles. The summed E-state index contributed by atoms with van der Waals surface area (Å²) in [5, 5.41) is 12.3. The van der Waals surface area contributed by atoms with Crippen LogP contribution in [0.4, 0.5) is 0 Å². The van der Waals surface area contributed by atoms with Crippen LogP contribution in [0.5, 0.6) is 0 Å². The van der Waals surface area contributed by atoms with Crippen molar-refractivity contribution in [3.05, 3.63) is 50.6 Å². The van der Waals surface area contributed by atoms with E-state index in [-0.39, 0.29) is 30.8 Å². The highest BCUT2D eigenvalue weighted by atomic mass is 79.9. The maximum absolute atomic E-state index is 13.2. The van der Waals surface area contributed by atoms with Gasteiger partial charge < -0.3 is 9.72 Å². The Balaban J connectivity index is 1.92. The van der Waals surface area contributed by atoms with Crippen LogP contribution in [-0.4, -0.2) is 43.6 Å². The predicted octanol–water partition coefficient (Wildman–Crippen LogP) is 3.58. The van der Waals surface area contributed by atoms with Crippen LogP contribution in [0.25, 0.3) is 11.5 Å². The first-order chi connectivity index (χ1) is 13.8. The summed E-state index contributed by atoms with van der Waals surface area (Å²) in [5.41, 5.74) is 3.97. The number of hydrogen-bond acceptors (Lipinski definition) is 6. The Hall–Kier alpha value is -2.52. The van der Waals surface area contributed by atoms with Gasteiger partial charge in [0.15, 0.2) is 5.78 Å². The van der Waals surface area contributed by atoms with E-state index in [1.165, 1.54) is 11.7 Å². The summed E-state index contributed by atoms with van der Waals surface area (Å²) in [6.07, 6.45) is 0. The Morgan fingerprint density at radius 1 is 1.31 bits per heavy atom. The molecule has 0 bridgehead atoms. The Kier molecular flexibility index (Phi) is 6.49. The molecule has 0 spiro atoms.